The lowest BCUT2D eigenvalue weighted by Gasteiger charge is -2.39. The summed E-state index contributed by atoms with van der Waals surface area (Å²) in [5.74, 6) is 1.45. The van der Waals surface area contributed by atoms with E-state index in [-0.39, 0.29) is 22.4 Å². The predicted molar refractivity (Wildman–Crippen MR) is 152 cm³/mol. The number of anilines is 1. The fraction of sp³-hybridized carbons (Fsp3) is 0.621. The number of ketones is 1. The van der Waals surface area contributed by atoms with Crippen molar-refractivity contribution in [1.82, 2.24) is 19.3 Å². The fourth-order valence-corrected chi connectivity index (χ4v) is 8.89. The lowest BCUT2D eigenvalue weighted by molar-refractivity contribution is -0.128. The van der Waals surface area contributed by atoms with Crippen LogP contribution in [-0.2, 0) is 27.8 Å². The number of sulfonamides is 1. The van der Waals surface area contributed by atoms with Crippen molar-refractivity contribution in [2.24, 2.45) is 16.2 Å². The Balaban J connectivity index is 1.28. The highest BCUT2D eigenvalue weighted by molar-refractivity contribution is 7.89. The minimum atomic E-state index is -3.58. The molecule has 2 fully saturated rings. The largest absolute Gasteiger partial charge is 0.382 e. The van der Waals surface area contributed by atoms with Gasteiger partial charge in [0.1, 0.15) is 17.1 Å². The molecule has 3 N–H and O–H groups in total. The maximum absolute atomic E-state index is 13.1. The van der Waals surface area contributed by atoms with Gasteiger partial charge in [-0.2, -0.15) is 0 Å². The van der Waals surface area contributed by atoms with Crippen molar-refractivity contribution in [3.05, 3.63) is 30.1 Å². The van der Waals surface area contributed by atoms with Crippen LogP contribution in [0.3, 0.4) is 0 Å². The minimum Gasteiger partial charge on any atom is -0.382 e. The standard InChI is InChI=1S/C29H41N5O3S/c1-5-6-13-23-33-24-25(20-11-7-8-12-21(20)32-26(24)30)34(23)17-10-9-16-31-38(36,37)19-29-15-14-28(4,18-22(29)35)27(29,2)3/h7-8,11-12,31H,5-6,9-10,13-19H2,1-4H3,(H2,30,32)/t28-,29-/m1/s1. The maximum Gasteiger partial charge on any atom is 0.212 e. The van der Waals surface area contributed by atoms with E-state index in [4.69, 9.17) is 10.7 Å². The minimum absolute atomic E-state index is 0.104. The summed E-state index contributed by atoms with van der Waals surface area (Å²) in [5.41, 5.74) is 7.70. The van der Waals surface area contributed by atoms with Crippen LogP contribution in [0.5, 0.6) is 0 Å². The van der Waals surface area contributed by atoms with Crippen molar-refractivity contribution < 1.29 is 13.2 Å². The number of hydrogen-bond acceptors (Lipinski definition) is 6. The number of unbranched alkanes of at least 4 members (excludes halogenated alkanes) is 2. The first-order chi connectivity index (χ1) is 17.9. The average molecular weight is 540 g/mol. The molecule has 2 aromatic heterocycles. The van der Waals surface area contributed by atoms with Gasteiger partial charge in [-0.05, 0) is 49.0 Å². The number of nitrogens with zero attached hydrogens (tertiary/aromatic N) is 3. The van der Waals surface area contributed by atoms with Gasteiger partial charge in [0.05, 0.1) is 16.8 Å². The van der Waals surface area contributed by atoms with Crippen LogP contribution in [0.4, 0.5) is 5.82 Å². The second kappa shape index (κ2) is 9.59. The first-order valence-electron chi connectivity index (χ1n) is 14.0. The third-order valence-corrected chi connectivity index (χ3v) is 11.4. The Bertz CT molecular complexity index is 1490. The van der Waals surface area contributed by atoms with Gasteiger partial charge in [-0.15, -0.1) is 0 Å². The monoisotopic (exact) mass is 539 g/mol. The third kappa shape index (κ3) is 4.22. The number of nitrogen functional groups attached to an aromatic ring is 1. The second-order valence-corrected chi connectivity index (χ2v) is 14.0. The van der Waals surface area contributed by atoms with Crippen LogP contribution in [0.25, 0.3) is 21.9 Å². The van der Waals surface area contributed by atoms with E-state index in [1.165, 1.54) is 0 Å². The molecule has 2 aliphatic rings. The Labute approximate surface area is 225 Å². The molecule has 206 valence electrons. The van der Waals surface area contributed by atoms with Crippen molar-refractivity contribution >= 4 is 43.6 Å². The number of nitrogens with two attached hydrogens (primary N) is 1. The van der Waals surface area contributed by atoms with Gasteiger partial charge in [0.15, 0.2) is 5.82 Å². The van der Waals surface area contributed by atoms with E-state index in [0.717, 1.165) is 66.4 Å². The van der Waals surface area contributed by atoms with Gasteiger partial charge in [-0.25, -0.2) is 23.1 Å². The van der Waals surface area contributed by atoms with E-state index < -0.39 is 15.4 Å². The molecular formula is C29H41N5O3S. The summed E-state index contributed by atoms with van der Waals surface area (Å²) in [6, 6.07) is 7.97. The molecule has 0 saturated heterocycles. The molecule has 2 bridgehead atoms. The highest BCUT2D eigenvalue weighted by Gasteiger charge is 2.70. The zero-order chi connectivity index (χ0) is 27.3. The van der Waals surface area contributed by atoms with Gasteiger partial charge in [0.2, 0.25) is 10.0 Å². The first kappa shape index (κ1) is 27.1. The average Bonchev–Trinajstić information content (AvgIpc) is 3.36. The topological polar surface area (TPSA) is 120 Å². The Morgan fingerprint density at radius 2 is 1.84 bits per heavy atom. The Hall–Kier alpha value is -2.52. The molecule has 0 spiro atoms. The predicted octanol–water partition coefficient (Wildman–Crippen LogP) is 4.99. The van der Waals surface area contributed by atoms with Gasteiger partial charge in [-0.1, -0.05) is 52.3 Å². The van der Waals surface area contributed by atoms with Crippen LogP contribution >= 0.6 is 0 Å². The highest BCUT2D eigenvalue weighted by Crippen LogP contribution is 2.70. The Morgan fingerprint density at radius 1 is 1.08 bits per heavy atom. The summed E-state index contributed by atoms with van der Waals surface area (Å²) < 4.78 is 31.3. The van der Waals surface area contributed by atoms with Gasteiger partial charge in [0.25, 0.3) is 0 Å². The molecule has 38 heavy (non-hydrogen) atoms. The van der Waals surface area contributed by atoms with E-state index in [9.17, 15) is 13.2 Å². The number of benzene rings is 1. The number of imidazole rings is 1. The zero-order valence-electron chi connectivity index (χ0n) is 23.1. The van der Waals surface area contributed by atoms with Gasteiger partial charge in [0, 0.05) is 36.7 Å². The molecule has 5 rings (SSSR count). The Kier molecular flexibility index (Phi) is 6.83. The van der Waals surface area contributed by atoms with Crippen LogP contribution in [-0.4, -0.2) is 41.0 Å². The second-order valence-electron chi connectivity index (χ2n) is 12.2. The van der Waals surface area contributed by atoms with Crippen molar-refractivity contribution in [2.45, 2.75) is 85.6 Å². The summed E-state index contributed by atoms with van der Waals surface area (Å²) in [7, 11) is -3.58. The molecule has 0 unspecified atom stereocenters. The number of rotatable bonds is 11. The molecule has 0 aliphatic heterocycles. The van der Waals surface area contributed by atoms with E-state index >= 15 is 0 Å². The molecule has 2 saturated carbocycles. The number of aryl methyl sites for hydroxylation is 2. The SMILES string of the molecule is CCCCc1nc2c(N)nc3ccccc3c2n1CCCCNS(=O)(=O)C[C@]12CC[C@](C)(CC1=O)C2(C)C. The molecule has 3 aromatic rings. The number of carbonyl (C=O) groups excluding carboxylic acids is 1. The lowest BCUT2D eigenvalue weighted by atomic mass is 9.66. The van der Waals surface area contributed by atoms with Crippen molar-refractivity contribution in [2.75, 3.05) is 18.0 Å². The molecule has 2 atom stereocenters. The molecule has 2 heterocycles. The van der Waals surface area contributed by atoms with Crippen LogP contribution in [0.15, 0.2) is 24.3 Å². The van der Waals surface area contributed by atoms with Crippen molar-refractivity contribution in [1.29, 1.82) is 0 Å². The van der Waals surface area contributed by atoms with E-state index in [0.29, 0.717) is 31.6 Å². The lowest BCUT2D eigenvalue weighted by Crippen LogP contribution is -2.46. The van der Waals surface area contributed by atoms with Crippen LogP contribution in [0, 0.1) is 16.2 Å². The maximum atomic E-state index is 13.1. The summed E-state index contributed by atoms with van der Waals surface area (Å²) in [6.07, 6.45) is 6.50. The molecule has 2 aliphatic carbocycles. The molecule has 9 heteroatoms. The number of Topliss-reactive ketones (excluding diaryl/α,β-unsaturated/α-hetero) is 1. The number of carbonyl (C=O) groups is 1. The molecule has 0 radical (unpaired) electrons. The van der Waals surface area contributed by atoms with Gasteiger partial charge >= 0.3 is 0 Å². The van der Waals surface area contributed by atoms with Crippen LogP contribution in [0.2, 0.25) is 0 Å². The quantitative estimate of drug-likeness (QED) is 0.331. The smallest absolute Gasteiger partial charge is 0.212 e. The number of pyridine rings is 1. The van der Waals surface area contributed by atoms with Gasteiger partial charge in [-0.3, -0.25) is 4.79 Å². The van der Waals surface area contributed by atoms with Crippen molar-refractivity contribution in [3.63, 3.8) is 0 Å². The van der Waals surface area contributed by atoms with E-state index in [1.807, 2.05) is 18.2 Å². The number of aromatic nitrogens is 3. The van der Waals surface area contributed by atoms with E-state index in [2.05, 4.69) is 48.0 Å². The first-order valence-corrected chi connectivity index (χ1v) is 15.6. The summed E-state index contributed by atoms with van der Waals surface area (Å²) >= 11 is 0. The third-order valence-electron chi connectivity index (χ3n) is 9.90. The summed E-state index contributed by atoms with van der Waals surface area (Å²) in [4.78, 5) is 22.4. The molecule has 0 amide bonds. The van der Waals surface area contributed by atoms with Crippen LogP contribution in [0.1, 0.15) is 78.5 Å². The molecule has 8 nitrogen and oxygen atoms in total. The summed E-state index contributed by atoms with van der Waals surface area (Å²) in [6.45, 7) is 9.54. The van der Waals surface area contributed by atoms with Crippen LogP contribution < -0.4 is 10.5 Å². The normalized spacial score (nSPS) is 24.7. The number of para-hydroxylation sites is 1. The molecule has 1 aromatic carbocycles. The summed E-state index contributed by atoms with van der Waals surface area (Å²) in [5, 5.41) is 1.03. The Morgan fingerprint density at radius 3 is 2.53 bits per heavy atom. The highest BCUT2D eigenvalue weighted by atomic mass is 32.2. The zero-order valence-corrected chi connectivity index (χ0v) is 24.0. The van der Waals surface area contributed by atoms with Crippen molar-refractivity contribution in [3.8, 4) is 0 Å². The number of nitrogens with one attached hydrogen (secondary N) is 1. The number of hydrogen-bond donors (Lipinski definition) is 2. The van der Waals surface area contributed by atoms with E-state index in [1.54, 1.807) is 0 Å². The fourth-order valence-electron chi connectivity index (χ4n) is 7.02. The number of fused-ring (bicyclic) bond motifs is 5. The van der Waals surface area contributed by atoms with Gasteiger partial charge < -0.3 is 10.3 Å². The molecular weight excluding hydrogens is 498 g/mol.